The molecule has 0 aliphatic rings. The molecule has 0 fully saturated rings. The number of nitrogens with one attached hydrogen (secondary N) is 1. The third-order valence-corrected chi connectivity index (χ3v) is 6.51. The summed E-state index contributed by atoms with van der Waals surface area (Å²) in [4.78, 5) is 30.8. The molecule has 0 saturated heterocycles. The summed E-state index contributed by atoms with van der Waals surface area (Å²) in [5, 5.41) is 2.81. The Balaban J connectivity index is 2.12. The lowest BCUT2D eigenvalue weighted by molar-refractivity contribution is 0.0912. The number of rotatable bonds is 9. The van der Waals surface area contributed by atoms with E-state index in [1.165, 1.54) is 10.8 Å². The van der Waals surface area contributed by atoms with Gasteiger partial charge in [-0.2, -0.15) is 0 Å². The Morgan fingerprint density at radius 3 is 2.58 bits per heavy atom. The Morgan fingerprint density at radius 2 is 1.97 bits per heavy atom. The van der Waals surface area contributed by atoms with E-state index in [0.29, 0.717) is 35.6 Å². The van der Waals surface area contributed by atoms with E-state index in [2.05, 4.69) is 10.3 Å². The predicted octanol–water partition coefficient (Wildman–Crippen LogP) is 2.68. The fraction of sp³-hybridized carbons (Fsp3) is 0.435. The van der Waals surface area contributed by atoms with Crippen LogP contribution >= 0.6 is 0 Å². The van der Waals surface area contributed by atoms with Gasteiger partial charge in [-0.05, 0) is 52.3 Å². The molecule has 0 unspecified atom stereocenters. The van der Waals surface area contributed by atoms with Gasteiger partial charge in [-0.3, -0.25) is 9.36 Å². The molecule has 0 aliphatic carbocycles. The van der Waals surface area contributed by atoms with Gasteiger partial charge >= 0.3 is 5.69 Å². The number of thiol groups is 1. The molecule has 0 saturated carbocycles. The molecule has 2 heterocycles. The second-order valence-corrected chi connectivity index (χ2v) is 9.42. The van der Waals surface area contributed by atoms with Crippen LogP contribution in [0.2, 0.25) is 0 Å². The maximum Gasteiger partial charge on any atom is 0.335 e. The van der Waals surface area contributed by atoms with Crippen molar-refractivity contribution >= 4 is 27.8 Å². The maximum absolute atomic E-state index is 13.4. The second-order valence-electron chi connectivity index (χ2n) is 8.44. The molecule has 1 aromatic carbocycles. The Bertz CT molecular complexity index is 1300. The number of nitrogens with zero attached hydrogens (tertiary/aromatic N) is 3. The van der Waals surface area contributed by atoms with Crippen molar-refractivity contribution in [1.29, 1.82) is 0 Å². The molecule has 0 spiro atoms. The molecular formula is C23H30N4O5S. The third-order valence-electron chi connectivity index (χ3n) is 5.56. The van der Waals surface area contributed by atoms with E-state index in [1.807, 2.05) is 33.8 Å². The van der Waals surface area contributed by atoms with E-state index in [9.17, 15) is 18.0 Å². The van der Waals surface area contributed by atoms with Gasteiger partial charge in [-0.15, -0.1) is 0 Å². The van der Waals surface area contributed by atoms with Gasteiger partial charge in [0, 0.05) is 18.3 Å². The number of ether oxygens (including phenoxy) is 1. The van der Waals surface area contributed by atoms with Gasteiger partial charge < -0.3 is 10.1 Å². The number of aromatic nitrogens is 3. The fourth-order valence-electron chi connectivity index (χ4n) is 3.70. The summed E-state index contributed by atoms with van der Waals surface area (Å²) in [6.45, 7) is 9.65. The van der Waals surface area contributed by atoms with Crippen LogP contribution < -0.4 is 15.7 Å². The van der Waals surface area contributed by atoms with E-state index >= 15 is 0 Å². The van der Waals surface area contributed by atoms with Gasteiger partial charge in [0.15, 0.2) is 5.65 Å². The maximum atomic E-state index is 13.4. The average molecular weight is 475 g/mol. The van der Waals surface area contributed by atoms with E-state index in [4.69, 9.17) is 4.74 Å². The van der Waals surface area contributed by atoms with E-state index in [-0.39, 0.29) is 23.0 Å². The number of imidazole rings is 1. The van der Waals surface area contributed by atoms with Crippen molar-refractivity contribution in [1.82, 2.24) is 19.4 Å². The van der Waals surface area contributed by atoms with Crippen molar-refractivity contribution in [3.8, 4) is 11.4 Å². The van der Waals surface area contributed by atoms with Crippen LogP contribution in [-0.4, -0.2) is 46.3 Å². The molecule has 1 atom stereocenters. The van der Waals surface area contributed by atoms with Crippen LogP contribution in [0.5, 0.6) is 5.75 Å². The van der Waals surface area contributed by atoms with E-state index in [0.717, 1.165) is 0 Å². The van der Waals surface area contributed by atoms with Crippen molar-refractivity contribution in [2.45, 2.75) is 52.6 Å². The third kappa shape index (κ3) is 5.11. The lowest BCUT2D eigenvalue weighted by Crippen LogP contribution is -2.48. The summed E-state index contributed by atoms with van der Waals surface area (Å²) in [6, 6.07) is 8.63. The van der Waals surface area contributed by atoms with E-state index < -0.39 is 22.2 Å². The average Bonchev–Trinajstić information content (AvgIpc) is 3.04. The first-order valence-electron chi connectivity index (χ1n) is 10.9. The number of carbonyl (C=O) groups excluding carboxylic acids is 1. The summed E-state index contributed by atoms with van der Waals surface area (Å²) >= 11 is 0. The smallest absolute Gasteiger partial charge is 0.335 e. The van der Waals surface area contributed by atoms with Crippen molar-refractivity contribution in [3.05, 3.63) is 52.6 Å². The van der Waals surface area contributed by atoms with Gasteiger partial charge in [-0.1, -0.05) is 13.0 Å². The topological polar surface area (TPSA) is 112 Å². The van der Waals surface area contributed by atoms with Crippen molar-refractivity contribution in [3.63, 3.8) is 0 Å². The highest BCUT2D eigenvalue weighted by atomic mass is 32.2. The molecule has 10 heteroatoms. The monoisotopic (exact) mass is 474 g/mol. The van der Waals surface area contributed by atoms with Crippen LogP contribution in [0.25, 0.3) is 16.9 Å². The quantitative estimate of drug-likeness (QED) is 0.461. The Morgan fingerprint density at radius 1 is 1.24 bits per heavy atom. The first kappa shape index (κ1) is 24.5. The van der Waals surface area contributed by atoms with Crippen LogP contribution in [0, 0.1) is 0 Å². The Hall–Kier alpha value is -3.14. The largest absolute Gasteiger partial charge is 0.494 e. The highest BCUT2D eigenvalue weighted by Crippen LogP contribution is 2.23. The minimum atomic E-state index is -2.66. The zero-order valence-corrected chi connectivity index (χ0v) is 20.4. The molecule has 0 bridgehead atoms. The van der Waals surface area contributed by atoms with Crippen molar-refractivity contribution < 1.29 is 17.9 Å². The lowest BCUT2D eigenvalue weighted by Gasteiger charge is -2.27. The number of hydrogen-bond donors (Lipinski definition) is 2. The molecule has 33 heavy (non-hydrogen) atoms. The van der Waals surface area contributed by atoms with Crippen LogP contribution in [0.1, 0.15) is 57.4 Å². The molecule has 0 aliphatic heterocycles. The number of benzene rings is 1. The SMILES string of the molecule is CCOc1cccc(-n2c(=O)n(C(C)C)c3cc(C(=O)N[C@@](C)(CC)C[SH](=O)=O)cnc32)c1. The standard InChI is InChI=1S/C23H30N4O5S/c1-6-23(5,14-33(30)31)25-21(28)16-11-19-20(24-13-16)27(22(29)26(19)15(3)4)17-9-8-10-18(12-17)32-7-2/h8-13,15,33H,6-7,14H2,1-5H3,(H,25,28)/t23-/m0/s1. The molecule has 2 aromatic heterocycles. The number of amides is 1. The van der Waals surface area contributed by atoms with Crippen molar-refractivity contribution in [2.75, 3.05) is 12.4 Å². The van der Waals surface area contributed by atoms with Crippen LogP contribution in [-0.2, 0) is 10.7 Å². The van der Waals surface area contributed by atoms with Gasteiger partial charge in [0.05, 0.1) is 34.7 Å². The Kier molecular flexibility index (Phi) is 7.26. The molecule has 3 aromatic rings. The molecule has 1 N–H and O–H groups in total. The van der Waals surface area contributed by atoms with Gasteiger partial charge in [0.1, 0.15) is 16.5 Å². The predicted molar refractivity (Wildman–Crippen MR) is 128 cm³/mol. The summed E-state index contributed by atoms with van der Waals surface area (Å²) in [5.74, 6) is 0.0297. The highest BCUT2D eigenvalue weighted by Gasteiger charge is 2.27. The molecule has 0 radical (unpaired) electrons. The van der Waals surface area contributed by atoms with Crippen LogP contribution in [0.3, 0.4) is 0 Å². The Labute approximate surface area is 194 Å². The van der Waals surface area contributed by atoms with Gasteiger partial charge in [-0.25, -0.2) is 22.8 Å². The zero-order chi connectivity index (χ0) is 24.3. The highest BCUT2D eigenvalue weighted by molar-refractivity contribution is 7.72. The number of hydrogen-bond acceptors (Lipinski definition) is 6. The number of carbonyl (C=O) groups is 1. The minimum Gasteiger partial charge on any atom is -0.494 e. The van der Waals surface area contributed by atoms with Crippen LogP contribution in [0.15, 0.2) is 41.3 Å². The summed E-state index contributed by atoms with van der Waals surface area (Å²) in [6.07, 6.45) is 1.85. The van der Waals surface area contributed by atoms with Gasteiger partial charge in [0.25, 0.3) is 5.91 Å². The van der Waals surface area contributed by atoms with E-state index in [1.54, 1.807) is 35.8 Å². The lowest BCUT2D eigenvalue weighted by atomic mass is 10.0. The minimum absolute atomic E-state index is 0.163. The normalized spacial score (nSPS) is 13.4. The zero-order valence-electron chi connectivity index (χ0n) is 19.5. The fourth-order valence-corrected chi connectivity index (χ4v) is 4.58. The molecule has 3 rings (SSSR count). The molecule has 178 valence electrons. The number of pyridine rings is 1. The van der Waals surface area contributed by atoms with Crippen LogP contribution in [0.4, 0.5) is 0 Å². The summed E-state index contributed by atoms with van der Waals surface area (Å²) < 4.78 is 31.2. The first-order valence-corrected chi connectivity index (χ1v) is 12.3. The molecular weight excluding hydrogens is 444 g/mol. The second kappa shape index (κ2) is 9.78. The number of fused-ring (bicyclic) bond motifs is 1. The van der Waals surface area contributed by atoms with Gasteiger partial charge in [0.2, 0.25) is 0 Å². The first-order chi connectivity index (χ1) is 15.6. The molecule has 1 amide bonds. The molecule has 9 nitrogen and oxygen atoms in total. The summed E-state index contributed by atoms with van der Waals surface area (Å²) in [7, 11) is -2.66. The van der Waals surface area contributed by atoms with Crippen molar-refractivity contribution in [2.24, 2.45) is 0 Å². The summed E-state index contributed by atoms with van der Waals surface area (Å²) in [5.41, 5.74) is 0.610.